The van der Waals surface area contributed by atoms with Gasteiger partial charge in [0.05, 0.1) is 0 Å². The predicted octanol–water partition coefficient (Wildman–Crippen LogP) is 1.29. The monoisotopic (exact) mass is 134 g/mol. The second-order valence-electron chi connectivity index (χ2n) is 1.75. The van der Waals surface area contributed by atoms with E-state index >= 15 is 0 Å². The highest BCUT2D eigenvalue weighted by molar-refractivity contribution is 5.73. The van der Waals surface area contributed by atoms with E-state index in [9.17, 15) is 0 Å². The SMILES string of the molecule is N#Cc1coc2ocnc12. The van der Waals surface area contributed by atoms with Crippen LogP contribution in [0, 0.1) is 11.3 Å². The van der Waals surface area contributed by atoms with Crippen molar-refractivity contribution in [3.8, 4) is 6.07 Å². The summed E-state index contributed by atoms with van der Waals surface area (Å²) in [7, 11) is 0. The third-order valence-electron chi connectivity index (χ3n) is 1.19. The maximum atomic E-state index is 8.45. The van der Waals surface area contributed by atoms with Gasteiger partial charge in [0, 0.05) is 0 Å². The Balaban J connectivity index is 2.92. The number of nitrogens with zero attached hydrogens (tertiary/aromatic N) is 2. The van der Waals surface area contributed by atoms with Crippen LogP contribution in [0.5, 0.6) is 0 Å². The van der Waals surface area contributed by atoms with E-state index < -0.39 is 0 Å². The van der Waals surface area contributed by atoms with Crippen molar-refractivity contribution >= 4 is 11.3 Å². The Morgan fingerprint density at radius 3 is 3.20 bits per heavy atom. The summed E-state index contributed by atoms with van der Waals surface area (Å²) in [6.07, 6.45) is 2.57. The highest BCUT2D eigenvalue weighted by Crippen LogP contribution is 2.17. The lowest BCUT2D eigenvalue weighted by Gasteiger charge is -1.66. The second kappa shape index (κ2) is 1.61. The van der Waals surface area contributed by atoms with Gasteiger partial charge < -0.3 is 8.83 Å². The molecule has 0 aliphatic heterocycles. The van der Waals surface area contributed by atoms with Gasteiger partial charge in [-0.15, -0.1) is 0 Å². The molecule has 0 N–H and O–H groups in total. The largest absolute Gasteiger partial charge is 0.431 e. The average Bonchev–Trinajstić information content (AvgIpc) is 2.44. The van der Waals surface area contributed by atoms with Gasteiger partial charge in [0.2, 0.25) is 0 Å². The molecular weight excluding hydrogens is 132 g/mol. The van der Waals surface area contributed by atoms with Gasteiger partial charge in [-0.2, -0.15) is 5.26 Å². The normalized spacial score (nSPS) is 9.90. The van der Waals surface area contributed by atoms with Crippen LogP contribution < -0.4 is 0 Å². The summed E-state index contributed by atoms with van der Waals surface area (Å²) in [5.41, 5.74) is 0.895. The highest BCUT2D eigenvalue weighted by atomic mass is 16.5. The number of furan rings is 1. The molecule has 0 atom stereocenters. The average molecular weight is 134 g/mol. The molecule has 4 nitrogen and oxygen atoms in total. The Bertz CT molecular complexity index is 393. The lowest BCUT2D eigenvalue weighted by atomic mass is 10.3. The molecule has 2 aromatic heterocycles. The third-order valence-corrected chi connectivity index (χ3v) is 1.19. The smallest absolute Gasteiger partial charge is 0.319 e. The lowest BCUT2D eigenvalue weighted by Crippen LogP contribution is -1.65. The number of oxazole rings is 1. The zero-order valence-electron chi connectivity index (χ0n) is 4.87. The fourth-order valence-electron chi connectivity index (χ4n) is 0.746. The van der Waals surface area contributed by atoms with Crippen molar-refractivity contribution < 1.29 is 8.83 Å². The van der Waals surface area contributed by atoms with Crippen molar-refractivity contribution in [2.75, 3.05) is 0 Å². The maximum absolute atomic E-state index is 8.45. The van der Waals surface area contributed by atoms with Gasteiger partial charge in [-0.25, -0.2) is 4.98 Å². The lowest BCUT2D eigenvalue weighted by molar-refractivity contribution is 0.473. The predicted molar refractivity (Wildman–Crippen MR) is 31.0 cm³/mol. The number of aromatic nitrogens is 1. The number of hydrogen-bond donors (Lipinski definition) is 0. The molecule has 2 heterocycles. The zero-order chi connectivity index (χ0) is 6.97. The van der Waals surface area contributed by atoms with Crippen molar-refractivity contribution in [1.29, 1.82) is 5.26 Å². The molecule has 0 bridgehead atoms. The van der Waals surface area contributed by atoms with E-state index in [1.807, 2.05) is 6.07 Å². The van der Waals surface area contributed by atoms with E-state index in [1.54, 1.807) is 0 Å². The standard InChI is InChI=1S/C6H2N2O2/c7-1-4-2-9-6-5(4)8-3-10-6/h2-3H. The Kier molecular flexibility index (Phi) is 0.814. The van der Waals surface area contributed by atoms with Crippen LogP contribution in [-0.2, 0) is 0 Å². The first kappa shape index (κ1) is 5.06. The van der Waals surface area contributed by atoms with Crippen molar-refractivity contribution in [3.05, 3.63) is 18.2 Å². The minimum absolute atomic E-state index is 0.302. The minimum atomic E-state index is 0.302. The summed E-state index contributed by atoms with van der Waals surface area (Å²) in [5, 5.41) is 8.45. The molecule has 0 saturated carbocycles. The Hall–Kier alpha value is -1.76. The quantitative estimate of drug-likeness (QED) is 0.544. The number of nitriles is 1. The van der Waals surface area contributed by atoms with E-state index in [0.717, 1.165) is 0 Å². The van der Waals surface area contributed by atoms with Gasteiger partial charge in [-0.1, -0.05) is 0 Å². The molecule has 0 aliphatic rings. The van der Waals surface area contributed by atoms with Gasteiger partial charge in [0.25, 0.3) is 0 Å². The summed E-state index contributed by atoms with van der Waals surface area (Å²) < 4.78 is 9.60. The van der Waals surface area contributed by atoms with E-state index in [0.29, 0.717) is 16.9 Å². The van der Waals surface area contributed by atoms with Crippen molar-refractivity contribution in [2.24, 2.45) is 0 Å². The summed E-state index contributed by atoms with van der Waals surface area (Å²) in [6, 6.07) is 1.92. The van der Waals surface area contributed by atoms with E-state index in [-0.39, 0.29) is 0 Å². The van der Waals surface area contributed by atoms with Gasteiger partial charge in [0.15, 0.2) is 11.9 Å². The molecule has 0 amide bonds. The Morgan fingerprint density at radius 2 is 2.40 bits per heavy atom. The summed E-state index contributed by atoms with van der Waals surface area (Å²) in [4.78, 5) is 3.77. The van der Waals surface area contributed by atoms with Crippen LogP contribution >= 0.6 is 0 Å². The molecule has 48 valence electrons. The van der Waals surface area contributed by atoms with Gasteiger partial charge in [0.1, 0.15) is 17.9 Å². The molecule has 0 fully saturated rings. The van der Waals surface area contributed by atoms with Crippen LogP contribution in [0.3, 0.4) is 0 Å². The molecule has 0 radical (unpaired) electrons. The Morgan fingerprint density at radius 1 is 1.50 bits per heavy atom. The Labute approximate surface area is 55.7 Å². The van der Waals surface area contributed by atoms with Crippen molar-refractivity contribution in [1.82, 2.24) is 4.98 Å². The van der Waals surface area contributed by atoms with Crippen LogP contribution in [0.4, 0.5) is 0 Å². The first-order chi connectivity index (χ1) is 4.92. The summed E-state index contributed by atoms with van der Waals surface area (Å²) in [5.74, 6) is 0.302. The first-order valence-corrected chi connectivity index (χ1v) is 2.62. The number of hydrogen-bond acceptors (Lipinski definition) is 4. The molecule has 2 aromatic rings. The fraction of sp³-hybridized carbons (Fsp3) is 0. The molecule has 0 saturated heterocycles. The van der Waals surface area contributed by atoms with Crippen LogP contribution in [0.25, 0.3) is 11.3 Å². The molecule has 0 aromatic carbocycles. The van der Waals surface area contributed by atoms with E-state index in [4.69, 9.17) is 14.1 Å². The first-order valence-electron chi connectivity index (χ1n) is 2.62. The van der Waals surface area contributed by atoms with E-state index in [2.05, 4.69) is 4.98 Å². The molecule has 0 unspecified atom stereocenters. The molecule has 0 spiro atoms. The molecule has 0 aliphatic carbocycles. The minimum Gasteiger partial charge on any atom is -0.431 e. The van der Waals surface area contributed by atoms with Gasteiger partial charge in [-0.05, 0) is 0 Å². The molecule has 4 heteroatoms. The summed E-state index contributed by atoms with van der Waals surface area (Å²) in [6.45, 7) is 0. The summed E-state index contributed by atoms with van der Waals surface area (Å²) >= 11 is 0. The zero-order valence-corrected chi connectivity index (χ0v) is 4.87. The van der Waals surface area contributed by atoms with Crippen LogP contribution in [0.1, 0.15) is 5.56 Å². The van der Waals surface area contributed by atoms with Crippen LogP contribution in [-0.4, -0.2) is 4.98 Å². The van der Waals surface area contributed by atoms with Gasteiger partial charge in [-0.3, -0.25) is 0 Å². The fourth-order valence-corrected chi connectivity index (χ4v) is 0.746. The van der Waals surface area contributed by atoms with Crippen LogP contribution in [0.2, 0.25) is 0 Å². The number of rotatable bonds is 0. The molecular formula is C6H2N2O2. The van der Waals surface area contributed by atoms with Crippen molar-refractivity contribution in [3.63, 3.8) is 0 Å². The second-order valence-corrected chi connectivity index (χ2v) is 1.75. The maximum Gasteiger partial charge on any atom is 0.319 e. The van der Waals surface area contributed by atoms with Crippen molar-refractivity contribution in [2.45, 2.75) is 0 Å². The van der Waals surface area contributed by atoms with Crippen LogP contribution in [0.15, 0.2) is 21.5 Å². The van der Waals surface area contributed by atoms with Gasteiger partial charge >= 0.3 is 5.78 Å². The molecule has 10 heavy (non-hydrogen) atoms. The topological polar surface area (TPSA) is 63.0 Å². The third kappa shape index (κ3) is 0.463. The highest BCUT2D eigenvalue weighted by Gasteiger charge is 2.07. The van der Waals surface area contributed by atoms with E-state index in [1.165, 1.54) is 12.7 Å². The molecule has 2 rings (SSSR count). The number of fused-ring (bicyclic) bond motifs is 1.